The molecular formula is C22H20N4O4S. The second-order valence-electron chi connectivity index (χ2n) is 6.53. The summed E-state index contributed by atoms with van der Waals surface area (Å²) in [4.78, 5) is 40.2. The smallest absolute Gasteiger partial charge is 0.270 e. The van der Waals surface area contributed by atoms with Gasteiger partial charge in [-0.05, 0) is 42.8 Å². The van der Waals surface area contributed by atoms with Gasteiger partial charge in [-0.15, -0.1) is 11.8 Å². The van der Waals surface area contributed by atoms with Gasteiger partial charge < -0.3 is 10.6 Å². The molecule has 0 saturated carbocycles. The number of carbonyl (C=O) groups excluding carboxylic acids is 2. The molecule has 1 atom stereocenters. The molecule has 1 heterocycles. The van der Waals surface area contributed by atoms with Crippen LogP contribution in [0.2, 0.25) is 0 Å². The number of anilines is 2. The minimum atomic E-state index is -0.546. The first-order valence-electron chi connectivity index (χ1n) is 9.49. The van der Waals surface area contributed by atoms with E-state index in [0.29, 0.717) is 17.8 Å². The second kappa shape index (κ2) is 10.4. The summed E-state index contributed by atoms with van der Waals surface area (Å²) >= 11 is 1.39. The van der Waals surface area contributed by atoms with E-state index in [2.05, 4.69) is 15.6 Å². The third kappa shape index (κ3) is 6.13. The van der Waals surface area contributed by atoms with Crippen LogP contribution < -0.4 is 10.6 Å². The van der Waals surface area contributed by atoms with Gasteiger partial charge in [0.15, 0.2) is 0 Å². The maximum Gasteiger partial charge on any atom is 0.270 e. The largest absolute Gasteiger partial charge is 0.325 e. The lowest BCUT2D eigenvalue weighted by Gasteiger charge is -2.15. The molecule has 8 nitrogen and oxygen atoms in total. The number of carbonyl (C=O) groups is 2. The number of thioether (sulfide) groups is 1. The van der Waals surface area contributed by atoms with Crippen molar-refractivity contribution >= 4 is 40.6 Å². The van der Waals surface area contributed by atoms with Crippen molar-refractivity contribution in [2.75, 3.05) is 10.6 Å². The quantitative estimate of drug-likeness (QED) is 0.299. The lowest BCUT2D eigenvalue weighted by atomic mass is 10.2. The van der Waals surface area contributed by atoms with Gasteiger partial charge in [-0.2, -0.15) is 0 Å². The molecule has 2 aromatic carbocycles. The summed E-state index contributed by atoms with van der Waals surface area (Å²) in [5, 5.41) is 16.2. The Bertz CT molecular complexity index is 1090. The van der Waals surface area contributed by atoms with Gasteiger partial charge in [-0.25, -0.2) is 0 Å². The Hall–Kier alpha value is -3.72. The molecule has 2 amide bonds. The molecule has 3 rings (SSSR count). The van der Waals surface area contributed by atoms with E-state index < -0.39 is 10.8 Å². The maximum atomic E-state index is 12.6. The Kier molecular flexibility index (Phi) is 7.34. The Labute approximate surface area is 183 Å². The third-order valence-corrected chi connectivity index (χ3v) is 5.66. The number of non-ortho nitro benzene ring substituents is 1. The van der Waals surface area contributed by atoms with Crippen molar-refractivity contribution < 1.29 is 14.5 Å². The predicted octanol–water partition coefficient (Wildman–Crippen LogP) is 4.75. The van der Waals surface area contributed by atoms with E-state index in [0.717, 1.165) is 4.90 Å². The molecule has 0 aliphatic rings. The SMILES string of the molecule is CCC(Sc1cccc(NC(=O)c2cccc([N+](=O)[O-])c2)c1)C(=O)Nc1ccncc1. The van der Waals surface area contributed by atoms with E-state index in [1.165, 1.54) is 36.0 Å². The monoisotopic (exact) mass is 436 g/mol. The first-order chi connectivity index (χ1) is 15.0. The van der Waals surface area contributed by atoms with Gasteiger partial charge in [0.25, 0.3) is 11.6 Å². The van der Waals surface area contributed by atoms with Crippen molar-refractivity contribution in [2.45, 2.75) is 23.5 Å². The molecule has 0 bridgehead atoms. The van der Waals surface area contributed by atoms with Crippen molar-refractivity contribution in [2.24, 2.45) is 0 Å². The van der Waals surface area contributed by atoms with E-state index in [1.807, 2.05) is 13.0 Å². The highest BCUT2D eigenvalue weighted by Crippen LogP contribution is 2.29. The van der Waals surface area contributed by atoms with Crippen LogP contribution in [0, 0.1) is 10.1 Å². The molecule has 0 aliphatic heterocycles. The number of nitro benzene ring substituents is 1. The van der Waals surface area contributed by atoms with Gasteiger partial charge in [0.1, 0.15) is 0 Å². The number of pyridine rings is 1. The van der Waals surface area contributed by atoms with Crippen LogP contribution in [-0.4, -0.2) is 27.0 Å². The molecule has 0 aliphatic carbocycles. The zero-order valence-corrected chi connectivity index (χ0v) is 17.5. The lowest BCUT2D eigenvalue weighted by Crippen LogP contribution is -2.24. The van der Waals surface area contributed by atoms with Gasteiger partial charge in [0, 0.05) is 46.4 Å². The molecule has 0 radical (unpaired) electrons. The molecule has 158 valence electrons. The summed E-state index contributed by atoms with van der Waals surface area (Å²) in [6, 6.07) is 16.1. The number of nitro groups is 1. The topological polar surface area (TPSA) is 114 Å². The summed E-state index contributed by atoms with van der Waals surface area (Å²) in [6.07, 6.45) is 3.83. The van der Waals surface area contributed by atoms with Crippen LogP contribution in [0.4, 0.5) is 17.1 Å². The van der Waals surface area contributed by atoms with Gasteiger partial charge >= 0.3 is 0 Å². The Balaban J connectivity index is 1.67. The van der Waals surface area contributed by atoms with E-state index in [-0.39, 0.29) is 22.4 Å². The molecule has 3 aromatic rings. The van der Waals surface area contributed by atoms with Crippen molar-refractivity contribution in [1.29, 1.82) is 0 Å². The fraction of sp³-hybridized carbons (Fsp3) is 0.136. The summed E-state index contributed by atoms with van der Waals surface area (Å²) in [5.74, 6) is -0.571. The molecule has 2 N–H and O–H groups in total. The summed E-state index contributed by atoms with van der Waals surface area (Å²) in [5.41, 5.74) is 1.25. The highest BCUT2D eigenvalue weighted by molar-refractivity contribution is 8.00. The zero-order valence-electron chi connectivity index (χ0n) is 16.6. The zero-order chi connectivity index (χ0) is 22.2. The van der Waals surface area contributed by atoms with E-state index in [1.54, 1.807) is 42.7 Å². The van der Waals surface area contributed by atoms with Crippen LogP contribution in [0.1, 0.15) is 23.7 Å². The van der Waals surface area contributed by atoms with Crippen LogP contribution in [0.3, 0.4) is 0 Å². The minimum absolute atomic E-state index is 0.121. The number of benzene rings is 2. The van der Waals surface area contributed by atoms with E-state index in [4.69, 9.17) is 0 Å². The average molecular weight is 436 g/mol. The molecule has 1 unspecified atom stereocenters. The number of hydrogen-bond donors (Lipinski definition) is 2. The molecular weight excluding hydrogens is 416 g/mol. The van der Waals surface area contributed by atoms with Crippen LogP contribution in [0.5, 0.6) is 0 Å². The van der Waals surface area contributed by atoms with Gasteiger partial charge in [-0.1, -0.05) is 19.1 Å². The van der Waals surface area contributed by atoms with Crippen molar-refractivity contribution in [1.82, 2.24) is 4.98 Å². The minimum Gasteiger partial charge on any atom is -0.325 e. The van der Waals surface area contributed by atoms with E-state index >= 15 is 0 Å². The van der Waals surface area contributed by atoms with Crippen LogP contribution >= 0.6 is 11.8 Å². The molecule has 0 saturated heterocycles. The summed E-state index contributed by atoms with van der Waals surface area (Å²) in [7, 11) is 0. The Morgan fingerprint density at radius 3 is 2.48 bits per heavy atom. The van der Waals surface area contributed by atoms with Gasteiger partial charge in [0.05, 0.1) is 10.2 Å². The Morgan fingerprint density at radius 2 is 1.77 bits per heavy atom. The van der Waals surface area contributed by atoms with Crippen LogP contribution in [-0.2, 0) is 4.79 Å². The van der Waals surface area contributed by atoms with Crippen LogP contribution in [0.15, 0.2) is 78.0 Å². The van der Waals surface area contributed by atoms with Crippen molar-refractivity contribution in [3.05, 3.63) is 88.7 Å². The number of nitrogens with zero attached hydrogens (tertiary/aromatic N) is 2. The van der Waals surface area contributed by atoms with Gasteiger partial charge in [-0.3, -0.25) is 24.7 Å². The van der Waals surface area contributed by atoms with Gasteiger partial charge in [0.2, 0.25) is 5.91 Å². The summed E-state index contributed by atoms with van der Waals surface area (Å²) in [6.45, 7) is 1.93. The van der Waals surface area contributed by atoms with Crippen molar-refractivity contribution in [3.8, 4) is 0 Å². The number of hydrogen-bond acceptors (Lipinski definition) is 6. The highest BCUT2D eigenvalue weighted by atomic mass is 32.2. The standard InChI is InChI=1S/C22H20N4O4S/c1-2-20(22(28)24-16-9-11-23-12-10-16)31-19-8-4-6-17(14-19)25-21(27)15-5-3-7-18(13-15)26(29)30/h3-14,20H,2H2,1H3,(H,25,27)(H,23,24,28). The first kappa shape index (κ1) is 22.0. The predicted molar refractivity (Wildman–Crippen MR) is 120 cm³/mol. The van der Waals surface area contributed by atoms with Crippen LogP contribution in [0.25, 0.3) is 0 Å². The molecule has 1 aromatic heterocycles. The fourth-order valence-corrected chi connectivity index (χ4v) is 3.77. The highest BCUT2D eigenvalue weighted by Gasteiger charge is 2.18. The Morgan fingerprint density at radius 1 is 1.03 bits per heavy atom. The molecule has 0 fully saturated rings. The third-order valence-electron chi connectivity index (χ3n) is 4.30. The molecule has 31 heavy (non-hydrogen) atoms. The normalized spacial score (nSPS) is 11.4. The van der Waals surface area contributed by atoms with E-state index in [9.17, 15) is 19.7 Å². The summed E-state index contributed by atoms with van der Waals surface area (Å²) < 4.78 is 0. The number of amides is 2. The lowest BCUT2D eigenvalue weighted by molar-refractivity contribution is -0.384. The maximum absolute atomic E-state index is 12.6. The number of rotatable bonds is 8. The number of aromatic nitrogens is 1. The van der Waals surface area contributed by atoms with Crippen molar-refractivity contribution in [3.63, 3.8) is 0 Å². The average Bonchev–Trinajstić information content (AvgIpc) is 2.78. The second-order valence-corrected chi connectivity index (χ2v) is 7.81. The number of nitrogens with one attached hydrogen (secondary N) is 2. The fourth-order valence-electron chi connectivity index (χ4n) is 2.76. The first-order valence-corrected chi connectivity index (χ1v) is 10.4. The molecule has 0 spiro atoms. The molecule has 9 heteroatoms.